The molecule has 0 spiro atoms. The molecule has 156 valence electrons. The average molecular weight is 424 g/mol. The van der Waals surface area contributed by atoms with E-state index < -0.39 is 0 Å². The molecule has 1 N–H and O–H groups in total. The zero-order valence-corrected chi connectivity index (χ0v) is 17.8. The van der Waals surface area contributed by atoms with Crippen LogP contribution in [-0.4, -0.2) is 51.0 Å². The highest BCUT2D eigenvalue weighted by Crippen LogP contribution is 2.30. The molecule has 3 aromatic rings. The highest BCUT2D eigenvalue weighted by atomic mass is 35.5. The van der Waals surface area contributed by atoms with Crippen molar-refractivity contribution in [2.24, 2.45) is 0 Å². The highest BCUT2D eigenvalue weighted by molar-refractivity contribution is 5.94. The van der Waals surface area contributed by atoms with Crippen LogP contribution in [0.25, 0.3) is 16.8 Å². The summed E-state index contributed by atoms with van der Waals surface area (Å²) in [5.41, 5.74) is 4.50. The number of amides is 1. The van der Waals surface area contributed by atoms with Gasteiger partial charge in [-0.05, 0) is 56.0 Å². The van der Waals surface area contributed by atoms with Crippen molar-refractivity contribution < 1.29 is 4.79 Å². The van der Waals surface area contributed by atoms with E-state index in [-0.39, 0.29) is 24.4 Å². The van der Waals surface area contributed by atoms with Crippen LogP contribution in [0.2, 0.25) is 0 Å². The normalized spacial score (nSPS) is 20.5. The first-order chi connectivity index (χ1) is 14.2. The van der Waals surface area contributed by atoms with Crippen LogP contribution in [0.1, 0.15) is 35.4 Å². The second kappa shape index (κ2) is 8.58. The number of hydrogen-bond donors (Lipinski definition) is 1. The lowest BCUT2D eigenvalue weighted by atomic mass is 10.1. The average Bonchev–Trinajstić information content (AvgIpc) is 3.26. The number of nitrogens with one attached hydrogen (secondary N) is 1. The number of aromatic nitrogens is 3. The van der Waals surface area contributed by atoms with Crippen molar-refractivity contribution in [3.63, 3.8) is 0 Å². The lowest BCUT2D eigenvalue weighted by Crippen LogP contribution is -2.43. The highest BCUT2D eigenvalue weighted by Gasteiger charge is 2.39. The maximum atomic E-state index is 13.3. The van der Waals surface area contributed by atoms with Gasteiger partial charge >= 0.3 is 0 Å². The summed E-state index contributed by atoms with van der Waals surface area (Å²) in [6.45, 7) is 3.77. The molecule has 2 aromatic carbocycles. The summed E-state index contributed by atoms with van der Waals surface area (Å²) < 4.78 is 1.76. The molecule has 2 bridgehead atoms. The summed E-state index contributed by atoms with van der Waals surface area (Å²) in [6, 6.07) is 19.1. The molecule has 3 heterocycles. The molecule has 2 fully saturated rings. The number of hydrogen-bond acceptors (Lipinski definition) is 4. The van der Waals surface area contributed by atoms with Gasteiger partial charge in [0.15, 0.2) is 5.69 Å². The maximum Gasteiger partial charge on any atom is 0.276 e. The molecule has 2 saturated heterocycles. The van der Waals surface area contributed by atoms with Gasteiger partial charge in [0.05, 0.1) is 11.4 Å². The Labute approximate surface area is 182 Å². The van der Waals surface area contributed by atoms with E-state index in [1.54, 1.807) is 4.68 Å². The van der Waals surface area contributed by atoms with Crippen molar-refractivity contribution in [2.45, 2.75) is 38.3 Å². The number of benzene rings is 2. The number of carbonyl (C=O) groups excluding carboxylic acids is 1. The summed E-state index contributed by atoms with van der Waals surface area (Å²) in [4.78, 5) is 15.4. The van der Waals surface area contributed by atoms with E-state index in [4.69, 9.17) is 0 Å². The molecular formula is C23H26ClN5O. The minimum absolute atomic E-state index is 0. The van der Waals surface area contributed by atoms with Gasteiger partial charge < -0.3 is 10.2 Å². The fourth-order valence-corrected chi connectivity index (χ4v) is 4.63. The van der Waals surface area contributed by atoms with Crippen molar-refractivity contribution in [1.82, 2.24) is 25.2 Å². The van der Waals surface area contributed by atoms with E-state index >= 15 is 0 Å². The lowest BCUT2D eigenvalue weighted by Gasteiger charge is -2.27. The zero-order chi connectivity index (χ0) is 19.8. The van der Waals surface area contributed by atoms with Gasteiger partial charge in [0.2, 0.25) is 0 Å². The Hall–Kier alpha value is -2.70. The standard InChI is InChI=1S/C23H25N5O.ClH/c1-16-22(23(29)27-19-11-12-21(27)15-24-14-13-19)25-26-28(16)20-9-7-18(8-10-20)17-5-3-2-4-6-17;/h2-10,19,21,24H,11-15H2,1H3;1H. The van der Waals surface area contributed by atoms with E-state index in [1.165, 1.54) is 5.56 Å². The van der Waals surface area contributed by atoms with Crippen molar-refractivity contribution >= 4 is 18.3 Å². The van der Waals surface area contributed by atoms with Crippen LogP contribution in [0.15, 0.2) is 54.6 Å². The molecule has 1 amide bonds. The summed E-state index contributed by atoms with van der Waals surface area (Å²) in [5.74, 6) is 0.0193. The van der Waals surface area contributed by atoms with Gasteiger partial charge in [0.25, 0.3) is 5.91 Å². The molecule has 7 heteroatoms. The number of fused-ring (bicyclic) bond motifs is 2. The van der Waals surface area contributed by atoms with Gasteiger partial charge in [-0.2, -0.15) is 0 Å². The summed E-state index contributed by atoms with van der Waals surface area (Å²) in [5, 5.41) is 12.0. The number of halogens is 1. The Kier molecular flexibility index (Phi) is 5.88. The Bertz CT molecular complexity index is 1000. The van der Waals surface area contributed by atoms with Crippen LogP contribution in [0.4, 0.5) is 0 Å². The predicted molar refractivity (Wildman–Crippen MR) is 119 cm³/mol. The van der Waals surface area contributed by atoms with Crippen LogP contribution in [0.3, 0.4) is 0 Å². The molecule has 2 aliphatic heterocycles. The SMILES string of the molecule is Cc1c(C(=O)N2C3CCNCC2CC3)nnn1-c1ccc(-c2ccccc2)cc1.Cl. The second-order valence-electron chi connectivity index (χ2n) is 7.94. The lowest BCUT2D eigenvalue weighted by molar-refractivity contribution is 0.0673. The molecule has 1 aromatic heterocycles. The molecule has 2 atom stereocenters. The number of carbonyl (C=O) groups is 1. The van der Waals surface area contributed by atoms with E-state index in [1.807, 2.05) is 37.3 Å². The van der Waals surface area contributed by atoms with Crippen molar-refractivity contribution in [1.29, 1.82) is 0 Å². The second-order valence-corrected chi connectivity index (χ2v) is 7.94. The Balaban J connectivity index is 0.00000218. The van der Waals surface area contributed by atoms with Crippen LogP contribution >= 0.6 is 12.4 Å². The van der Waals surface area contributed by atoms with E-state index in [0.717, 1.165) is 49.3 Å². The van der Waals surface area contributed by atoms with Crippen LogP contribution in [0, 0.1) is 6.92 Å². The Morgan fingerprint density at radius 2 is 1.67 bits per heavy atom. The smallest absolute Gasteiger partial charge is 0.276 e. The van der Waals surface area contributed by atoms with E-state index in [0.29, 0.717) is 11.7 Å². The summed E-state index contributed by atoms with van der Waals surface area (Å²) in [7, 11) is 0. The molecule has 0 radical (unpaired) electrons. The first-order valence-electron chi connectivity index (χ1n) is 10.3. The third-order valence-corrected chi connectivity index (χ3v) is 6.20. The third kappa shape index (κ3) is 3.61. The third-order valence-electron chi connectivity index (χ3n) is 6.20. The molecule has 6 nitrogen and oxygen atoms in total. The van der Waals surface area contributed by atoms with E-state index in [9.17, 15) is 4.79 Å². The monoisotopic (exact) mass is 423 g/mol. The van der Waals surface area contributed by atoms with Gasteiger partial charge in [-0.1, -0.05) is 47.7 Å². The molecule has 30 heavy (non-hydrogen) atoms. The molecule has 0 aliphatic carbocycles. The molecule has 2 aliphatic rings. The molecule has 0 saturated carbocycles. The zero-order valence-electron chi connectivity index (χ0n) is 17.0. The fourth-order valence-electron chi connectivity index (χ4n) is 4.63. The quantitative estimate of drug-likeness (QED) is 0.698. The van der Waals surface area contributed by atoms with Gasteiger partial charge in [-0.25, -0.2) is 4.68 Å². The first kappa shape index (κ1) is 20.6. The Morgan fingerprint density at radius 1 is 0.967 bits per heavy atom. The molecule has 5 rings (SSSR count). The maximum absolute atomic E-state index is 13.3. The first-order valence-corrected chi connectivity index (χ1v) is 10.3. The fraction of sp³-hybridized carbons (Fsp3) is 0.348. The van der Waals surface area contributed by atoms with Crippen molar-refractivity contribution in [2.75, 3.05) is 13.1 Å². The van der Waals surface area contributed by atoms with Crippen LogP contribution < -0.4 is 5.32 Å². The summed E-state index contributed by atoms with van der Waals surface area (Å²) >= 11 is 0. The summed E-state index contributed by atoms with van der Waals surface area (Å²) in [6.07, 6.45) is 3.17. The number of nitrogens with zero attached hydrogens (tertiary/aromatic N) is 4. The molecular weight excluding hydrogens is 398 g/mol. The van der Waals surface area contributed by atoms with Crippen LogP contribution in [-0.2, 0) is 0 Å². The van der Waals surface area contributed by atoms with Crippen LogP contribution in [0.5, 0.6) is 0 Å². The largest absolute Gasteiger partial charge is 0.330 e. The van der Waals surface area contributed by atoms with Crippen molar-refractivity contribution in [3.8, 4) is 16.8 Å². The minimum Gasteiger partial charge on any atom is -0.330 e. The predicted octanol–water partition coefficient (Wildman–Crippen LogP) is 3.63. The van der Waals surface area contributed by atoms with Crippen molar-refractivity contribution in [3.05, 3.63) is 66.0 Å². The number of rotatable bonds is 3. The van der Waals surface area contributed by atoms with Gasteiger partial charge in [-0.3, -0.25) is 4.79 Å². The van der Waals surface area contributed by atoms with Gasteiger partial charge in [0, 0.05) is 18.6 Å². The Morgan fingerprint density at radius 3 is 2.43 bits per heavy atom. The van der Waals surface area contributed by atoms with Gasteiger partial charge in [0.1, 0.15) is 0 Å². The minimum atomic E-state index is 0. The van der Waals surface area contributed by atoms with E-state index in [2.05, 4.69) is 44.8 Å². The topological polar surface area (TPSA) is 63.1 Å². The van der Waals surface area contributed by atoms with Gasteiger partial charge in [-0.15, -0.1) is 17.5 Å². The molecule has 2 unspecified atom stereocenters.